The number of ether oxygens (including phenoxy) is 1. The fraction of sp³-hybridized carbons (Fsp3) is 0.375. The highest BCUT2D eigenvalue weighted by Gasteiger charge is 2.45. The van der Waals surface area contributed by atoms with E-state index >= 15 is 0 Å². The summed E-state index contributed by atoms with van der Waals surface area (Å²) in [6.45, 7) is 5.54. The van der Waals surface area contributed by atoms with Gasteiger partial charge in [0.25, 0.3) is 5.56 Å². The number of phenolic OH excluding ortho intramolecular Hbond substituents is 1. The van der Waals surface area contributed by atoms with Crippen LogP contribution in [0.5, 0.6) is 5.75 Å². The third-order valence-electron chi connectivity index (χ3n) is 6.78. The molecular weight excluding hydrogens is 440 g/mol. The SMILES string of the molecule is CC[C@@]1(O)C(=O)OCc2c1cc1n(c2=O)Cc2c-1nc1ccc(O)cc1c2CC[Si](C)(C)O. The second-order valence-electron chi connectivity index (χ2n) is 9.53. The standard InChI is InChI=1S/C24H26N2O6Si/c1-4-24(30)18-10-20-21-16(11-26(20)22(28)17(18)12-32-23(24)29)14(7-8-33(2,3)31)15-9-13(27)5-6-19(15)25-21/h5-6,9-10,27,30-31H,4,7-8,11-12H2,1-3H3/t24-/m0/s1. The topological polar surface area (TPSA) is 122 Å². The van der Waals surface area contributed by atoms with Crippen molar-refractivity contribution in [3.8, 4) is 17.1 Å². The van der Waals surface area contributed by atoms with E-state index in [2.05, 4.69) is 0 Å². The summed E-state index contributed by atoms with van der Waals surface area (Å²) in [6.07, 6.45) is 0.671. The van der Waals surface area contributed by atoms with Gasteiger partial charge in [-0.3, -0.25) is 4.79 Å². The van der Waals surface area contributed by atoms with E-state index in [9.17, 15) is 24.6 Å². The summed E-state index contributed by atoms with van der Waals surface area (Å²) in [5, 5.41) is 21.9. The lowest BCUT2D eigenvalue weighted by Gasteiger charge is -2.31. The molecule has 0 saturated heterocycles. The number of rotatable bonds is 4. The Balaban J connectivity index is 1.77. The molecule has 0 bridgehead atoms. The van der Waals surface area contributed by atoms with Crippen molar-refractivity contribution in [3.05, 3.63) is 56.9 Å². The Labute approximate surface area is 191 Å². The van der Waals surface area contributed by atoms with Gasteiger partial charge >= 0.3 is 5.97 Å². The molecule has 0 aliphatic carbocycles. The summed E-state index contributed by atoms with van der Waals surface area (Å²) < 4.78 is 6.74. The number of aryl methyl sites for hydroxylation is 1. The quantitative estimate of drug-likeness (QED) is 0.312. The molecule has 4 heterocycles. The van der Waals surface area contributed by atoms with E-state index in [-0.39, 0.29) is 42.0 Å². The van der Waals surface area contributed by atoms with Crippen LogP contribution in [-0.4, -0.2) is 38.8 Å². The van der Waals surface area contributed by atoms with E-state index in [4.69, 9.17) is 9.72 Å². The molecule has 2 aliphatic heterocycles. The molecule has 8 nitrogen and oxygen atoms in total. The molecule has 5 rings (SSSR count). The molecule has 1 atom stereocenters. The van der Waals surface area contributed by atoms with Crippen molar-refractivity contribution in [1.29, 1.82) is 0 Å². The molecule has 1 aromatic carbocycles. The van der Waals surface area contributed by atoms with Crippen LogP contribution in [0.3, 0.4) is 0 Å². The van der Waals surface area contributed by atoms with Crippen LogP contribution in [0.1, 0.15) is 35.6 Å². The van der Waals surface area contributed by atoms with Crippen LogP contribution >= 0.6 is 0 Å². The molecule has 172 valence electrons. The number of nitrogens with zero attached hydrogens (tertiary/aromatic N) is 2. The van der Waals surface area contributed by atoms with E-state index in [1.54, 1.807) is 35.8 Å². The summed E-state index contributed by atoms with van der Waals surface area (Å²) in [5.41, 5.74) is 2.02. The number of fused-ring (bicyclic) bond motifs is 5. The molecule has 0 amide bonds. The minimum absolute atomic E-state index is 0.0838. The largest absolute Gasteiger partial charge is 0.508 e. The van der Waals surface area contributed by atoms with Gasteiger partial charge in [0, 0.05) is 16.5 Å². The average Bonchev–Trinajstić information content (AvgIpc) is 3.12. The zero-order chi connectivity index (χ0) is 23.7. The molecule has 3 N–H and O–H groups in total. The summed E-state index contributed by atoms with van der Waals surface area (Å²) in [7, 11) is -2.36. The lowest BCUT2D eigenvalue weighted by Crippen LogP contribution is -2.44. The zero-order valence-electron chi connectivity index (χ0n) is 18.8. The monoisotopic (exact) mass is 466 g/mol. The normalized spacial score (nSPS) is 19.2. The van der Waals surface area contributed by atoms with Crippen LogP contribution in [0.2, 0.25) is 19.1 Å². The Morgan fingerprint density at radius 2 is 1.97 bits per heavy atom. The molecule has 3 aromatic rings. The fourth-order valence-electron chi connectivity index (χ4n) is 4.87. The third kappa shape index (κ3) is 3.30. The highest BCUT2D eigenvalue weighted by Crippen LogP contribution is 2.41. The molecule has 0 spiro atoms. The zero-order valence-corrected chi connectivity index (χ0v) is 19.8. The number of phenols is 1. The highest BCUT2D eigenvalue weighted by molar-refractivity contribution is 6.69. The van der Waals surface area contributed by atoms with E-state index in [1.807, 2.05) is 13.1 Å². The molecule has 0 radical (unpaired) electrons. The summed E-state index contributed by atoms with van der Waals surface area (Å²) in [4.78, 5) is 41.1. The molecule has 33 heavy (non-hydrogen) atoms. The molecule has 9 heteroatoms. The van der Waals surface area contributed by atoms with Crippen LogP contribution in [-0.2, 0) is 34.7 Å². The maximum atomic E-state index is 13.4. The summed E-state index contributed by atoms with van der Waals surface area (Å²) in [5.74, 6) is -0.629. The minimum Gasteiger partial charge on any atom is -0.508 e. The Hall–Kier alpha value is -3.01. The van der Waals surface area contributed by atoms with Crippen LogP contribution in [0.4, 0.5) is 0 Å². The number of aliphatic hydroxyl groups is 1. The van der Waals surface area contributed by atoms with Crippen LogP contribution < -0.4 is 5.56 Å². The van der Waals surface area contributed by atoms with Gasteiger partial charge in [-0.05, 0) is 61.8 Å². The number of aromatic hydroxyl groups is 1. The van der Waals surface area contributed by atoms with Gasteiger partial charge in [0.2, 0.25) is 0 Å². The molecular formula is C24H26N2O6Si. The molecule has 2 aliphatic rings. The summed E-state index contributed by atoms with van der Waals surface area (Å²) in [6, 6.07) is 7.28. The van der Waals surface area contributed by atoms with Gasteiger partial charge in [0.15, 0.2) is 13.9 Å². The van der Waals surface area contributed by atoms with E-state index < -0.39 is 19.9 Å². The smallest absolute Gasteiger partial charge is 0.343 e. The lowest BCUT2D eigenvalue weighted by atomic mass is 9.86. The number of hydrogen-bond donors (Lipinski definition) is 3. The van der Waals surface area contributed by atoms with Crippen molar-refractivity contribution in [2.24, 2.45) is 0 Å². The molecule has 0 saturated carbocycles. The number of benzene rings is 1. The fourth-order valence-corrected chi connectivity index (χ4v) is 5.73. The lowest BCUT2D eigenvalue weighted by molar-refractivity contribution is -0.172. The highest BCUT2D eigenvalue weighted by atomic mass is 28.4. The number of aromatic nitrogens is 2. The first-order chi connectivity index (χ1) is 15.5. The van der Waals surface area contributed by atoms with Crippen LogP contribution in [0.15, 0.2) is 29.1 Å². The first-order valence-corrected chi connectivity index (χ1v) is 14.2. The predicted molar refractivity (Wildman–Crippen MR) is 124 cm³/mol. The van der Waals surface area contributed by atoms with Gasteiger partial charge in [-0.2, -0.15) is 0 Å². The second-order valence-corrected chi connectivity index (χ2v) is 13.7. The van der Waals surface area contributed by atoms with Crippen molar-refractivity contribution >= 4 is 25.2 Å². The first kappa shape index (κ1) is 21.8. The third-order valence-corrected chi connectivity index (χ3v) is 8.25. The minimum atomic E-state index is -2.36. The maximum Gasteiger partial charge on any atom is 0.343 e. The van der Waals surface area contributed by atoms with Crippen molar-refractivity contribution < 1.29 is 24.5 Å². The van der Waals surface area contributed by atoms with Crippen molar-refractivity contribution in [2.75, 3.05) is 0 Å². The van der Waals surface area contributed by atoms with Gasteiger partial charge in [0.05, 0.1) is 29.0 Å². The maximum absolute atomic E-state index is 13.4. The Morgan fingerprint density at radius 1 is 1.21 bits per heavy atom. The molecule has 0 unspecified atom stereocenters. The van der Waals surface area contributed by atoms with Crippen molar-refractivity contribution in [3.63, 3.8) is 0 Å². The van der Waals surface area contributed by atoms with E-state index in [1.165, 1.54) is 0 Å². The summed E-state index contributed by atoms with van der Waals surface area (Å²) >= 11 is 0. The Kier molecular flexibility index (Phi) is 4.79. The Bertz CT molecular complexity index is 1390. The average molecular weight is 467 g/mol. The number of esters is 1. The first-order valence-electron chi connectivity index (χ1n) is 11.1. The van der Waals surface area contributed by atoms with Gasteiger partial charge < -0.3 is 24.3 Å². The molecule has 2 aromatic heterocycles. The van der Waals surface area contributed by atoms with Gasteiger partial charge in [-0.15, -0.1) is 0 Å². The Morgan fingerprint density at radius 3 is 2.67 bits per heavy atom. The van der Waals surface area contributed by atoms with Gasteiger partial charge in [-0.1, -0.05) is 6.92 Å². The van der Waals surface area contributed by atoms with Gasteiger partial charge in [-0.25, -0.2) is 9.78 Å². The number of pyridine rings is 2. The predicted octanol–water partition coefficient (Wildman–Crippen LogP) is 2.53. The van der Waals surface area contributed by atoms with Crippen molar-refractivity contribution in [2.45, 2.75) is 57.7 Å². The van der Waals surface area contributed by atoms with E-state index in [0.29, 0.717) is 29.4 Å². The van der Waals surface area contributed by atoms with E-state index in [0.717, 1.165) is 16.5 Å². The number of hydrogen-bond acceptors (Lipinski definition) is 7. The van der Waals surface area contributed by atoms with Crippen LogP contribution in [0.25, 0.3) is 22.3 Å². The number of carbonyl (C=O) groups excluding carboxylic acids is 1. The number of cyclic esters (lactones) is 1. The number of carbonyl (C=O) groups is 1. The van der Waals surface area contributed by atoms with Crippen molar-refractivity contribution in [1.82, 2.24) is 9.55 Å². The van der Waals surface area contributed by atoms with Crippen LogP contribution in [0, 0.1) is 0 Å². The second kappa shape index (κ2) is 7.24. The molecule has 0 fully saturated rings. The van der Waals surface area contributed by atoms with Gasteiger partial charge in [0.1, 0.15) is 12.4 Å².